The lowest BCUT2D eigenvalue weighted by Crippen LogP contribution is -2.62. The molecule has 4 atom stereocenters. The minimum atomic E-state index is -0.415. The lowest BCUT2D eigenvalue weighted by Gasteiger charge is -2.45. The third kappa shape index (κ3) is 4.81. The summed E-state index contributed by atoms with van der Waals surface area (Å²) in [6.07, 6.45) is 6.63. The molecule has 1 aromatic carbocycles. The molecule has 196 valence electrons. The largest absolute Gasteiger partial charge is 0.487 e. The molecule has 3 heterocycles. The Morgan fingerprint density at radius 3 is 2.68 bits per heavy atom. The summed E-state index contributed by atoms with van der Waals surface area (Å²) in [5.74, 6) is 0.491. The number of carbonyl (C=O) groups is 2. The number of hydrogen-bond acceptors (Lipinski definition) is 5. The van der Waals surface area contributed by atoms with Crippen LogP contribution in [0.2, 0.25) is 0 Å². The highest BCUT2D eigenvalue weighted by atomic mass is 16.5. The number of guanidine groups is 1. The van der Waals surface area contributed by atoms with Crippen molar-refractivity contribution >= 4 is 17.8 Å². The van der Waals surface area contributed by atoms with E-state index in [-0.39, 0.29) is 41.3 Å². The van der Waals surface area contributed by atoms with Crippen molar-refractivity contribution in [2.45, 2.75) is 83.0 Å². The molecule has 2 aromatic rings. The van der Waals surface area contributed by atoms with Gasteiger partial charge in [-0.05, 0) is 56.7 Å². The summed E-state index contributed by atoms with van der Waals surface area (Å²) in [6, 6.07) is 11.1. The first-order chi connectivity index (χ1) is 17.7. The number of para-hydroxylation sites is 1. The standard InChI is InChI=1S/C29H37N5O3/c1-5-29(6-2)16-24(35)34(27(30)33-29)25(18-10-9-13-31-17-18)20-14-21(20)26(36)32-22-15-28(3,4)37-23-12-8-7-11-19(22)23/h7-13,17,20-22,25H,5-6,14-16H2,1-4H3,(H2,30,33)(H,32,36)/t20-,21-,22-,25?/m0/s1. The van der Waals surface area contributed by atoms with Gasteiger partial charge in [0.05, 0.1) is 18.5 Å². The van der Waals surface area contributed by atoms with Crippen LogP contribution in [0.3, 0.4) is 0 Å². The van der Waals surface area contributed by atoms with Crippen molar-refractivity contribution in [3.8, 4) is 5.75 Å². The van der Waals surface area contributed by atoms with Crippen LogP contribution < -0.4 is 15.4 Å². The van der Waals surface area contributed by atoms with Crippen LogP contribution in [0.5, 0.6) is 5.75 Å². The summed E-state index contributed by atoms with van der Waals surface area (Å²) in [5.41, 5.74) is 1.05. The quantitative estimate of drug-likeness (QED) is 0.516. The highest BCUT2D eigenvalue weighted by Gasteiger charge is 2.54. The number of aromatic nitrogens is 1. The van der Waals surface area contributed by atoms with Crippen molar-refractivity contribution in [2.75, 3.05) is 0 Å². The smallest absolute Gasteiger partial charge is 0.232 e. The average molecular weight is 504 g/mol. The van der Waals surface area contributed by atoms with E-state index in [2.05, 4.69) is 15.6 Å². The van der Waals surface area contributed by atoms with Gasteiger partial charge in [-0.1, -0.05) is 38.1 Å². The molecule has 2 fully saturated rings. The van der Waals surface area contributed by atoms with Crippen molar-refractivity contribution in [1.82, 2.24) is 20.5 Å². The van der Waals surface area contributed by atoms with E-state index >= 15 is 0 Å². The van der Waals surface area contributed by atoms with Gasteiger partial charge in [-0.25, -0.2) is 0 Å². The van der Waals surface area contributed by atoms with Crippen molar-refractivity contribution in [3.63, 3.8) is 0 Å². The van der Waals surface area contributed by atoms with E-state index in [4.69, 9.17) is 10.1 Å². The number of amides is 2. The molecule has 8 nitrogen and oxygen atoms in total. The van der Waals surface area contributed by atoms with Crippen LogP contribution in [0.25, 0.3) is 0 Å². The van der Waals surface area contributed by atoms with Gasteiger partial charge in [0.1, 0.15) is 11.4 Å². The Hall–Kier alpha value is -3.42. The summed E-state index contributed by atoms with van der Waals surface area (Å²) < 4.78 is 6.13. The van der Waals surface area contributed by atoms with E-state index in [1.807, 2.05) is 64.1 Å². The topological polar surface area (TPSA) is 107 Å². The predicted molar refractivity (Wildman–Crippen MR) is 141 cm³/mol. The Morgan fingerprint density at radius 1 is 1.24 bits per heavy atom. The normalized spacial score (nSPS) is 26.4. The van der Waals surface area contributed by atoms with Gasteiger partial charge >= 0.3 is 0 Å². The van der Waals surface area contributed by atoms with Gasteiger partial charge in [0.2, 0.25) is 11.8 Å². The molecule has 3 N–H and O–H groups in total. The maximum absolute atomic E-state index is 13.5. The minimum absolute atomic E-state index is 0.0168. The number of nitrogens with zero attached hydrogens (tertiary/aromatic N) is 2. The molecule has 3 aliphatic rings. The SMILES string of the molecule is CCC1(CC)CC(=O)N(C(c2cccnc2)[C@H]2C[C@@H]2C(=O)N[C@H]2CC(C)(C)Oc3ccccc32)C(=N)N1. The van der Waals surface area contributed by atoms with Gasteiger partial charge in [-0.3, -0.25) is 24.9 Å². The number of ether oxygens (including phenoxy) is 1. The zero-order chi connectivity index (χ0) is 26.4. The zero-order valence-corrected chi connectivity index (χ0v) is 22.1. The zero-order valence-electron chi connectivity index (χ0n) is 22.1. The van der Waals surface area contributed by atoms with Crippen LogP contribution in [0.1, 0.15) is 83.0 Å². The molecule has 1 unspecified atom stereocenters. The molecular weight excluding hydrogens is 466 g/mol. The number of pyridine rings is 1. The molecule has 8 heteroatoms. The fourth-order valence-electron chi connectivity index (χ4n) is 6.04. The van der Waals surface area contributed by atoms with Crippen LogP contribution >= 0.6 is 0 Å². The van der Waals surface area contributed by atoms with Crippen LogP contribution in [0, 0.1) is 17.2 Å². The lowest BCUT2D eigenvalue weighted by atomic mass is 9.85. The molecule has 1 aromatic heterocycles. The molecule has 2 amide bonds. The van der Waals surface area contributed by atoms with E-state index < -0.39 is 11.6 Å². The third-order valence-corrected chi connectivity index (χ3v) is 8.32. The minimum Gasteiger partial charge on any atom is -0.487 e. The molecule has 0 bridgehead atoms. The molecule has 1 aliphatic carbocycles. The van der Waals surface area contributed by atoms with Crippen molar-refractivity contribution in [1.29, 1.82) is 5.41 Å². The number of fused-ring (bicyclic) bond motifs is 1. The first kappa shape index (κ1) is 25.2. The number of carbonyl (C=O) groups excluding carboxylic acids is 2. The fraction of sp³-hybridized carbons (Fsp3) is 0.517. The van der Waals surface area contributed by atoms with Gasteiger partial charge < -0.3 is 15.4 Å². The first-order valence-electron chi connectivity index (χ1n) is 13.3. The molecule has 1 saturated heterocycles. The van der Waals surface area contributed by atoms with E-state index in [0.717, 1.165) is 29.7 Å². The highest BCUT2D eigenvalue weighted by molar-refractivity contribution is 6.00. The van der Waals surface area contributed by atoms with Crippen LogP contribution in [-0.4, -0.2) is 38.8 Å². The summed E-state index contributed by atoms with van der Waals surface area (Å²) in [7, 11) is 0. The average Bonchev–Trinajstić information content (AvgIpc) is 3.66. The molecule has 5 rings (SSSR count). The predicted octanol–water partition coefficient (Wildman–Crippen LogP) is 4.49. The molecule has 1 saturated carbocycles. The first-order valence-corrected chi connectivity index (χ1v) is 13.3. The van der Waals surface area contributed by atoms with Gasteiger partial charge in [0.15, 0.2) is 5.96 Å². The number of hydrogen-bond donors (Lipinski definition) is 3. The highest BCUT2D eigenvalue weighted by Crippen LogP contribution is 2.51. The second-order valence-electron chi connectivity index (χ2n) is 11.3. The maximum Gasteiger partial charge on any atom is 0.232 e. The Kier molecular flexibility index (Phi) is 6.46. The van der Waals surface area contributed by atoms with Crippen molar-refractivity contribution in [2.24, 2.45) is 11.8 Å². The molecule has 0 radical (unpaired) electrons. The van der Waals surface area contributed by atoms with Crippen LogP contribution in [-0.2, 0) is 9.59 Å². The van der Waals surface area contributed by atoms with E-state index in [0.29, 0.717) is 19.3 Å². The Balaban J connectivity index is 1.37. The van der Waals surface area contributed by atoms with Gasteiger partial charge in [0, 0.05) is 35.8 Å². The Morgan fingerprint density at radius 2 is 2.00 bits per heavy atom. The van der Waals surface area contributed by atoms with E-state index in [1.54, 1.807) is 17.3 Å². The number of benzene rings is 1. The summed E-state index contributed by atoms with van der Waals surface area (Å²) in [4.78, 5) is 32.9. The van der Waals surface area contributed by atoms with E-state index in [1.165, 1.54) is 0 Å². The van der Waals surface area contributed by atoms with Crippen LogP contribution in [0.15, 0.2) is 48.8 Å². The van der Waals surface area contributed by atoms with Gasteiger partial charge in [0.25, 0.3) is 0 Å². The van der Waals surface area contributed by atoms with Crippen molar-refractivity contribution < 1.29 is 14.3 Å². The monoisotopic (exact) mass is 503 g/mol. The van der Waals surface area contributed by atoms with Gasteiger partial charge in [-0.2, -0.15) is 0 Å². The van der Waals surface area contributed by atoms with Crippen molar-refractivity contribution in [3.05, 3.63) is 59.9 Å². The lowest BCUT2D eigenvalue weighted by molar-refractivity contribution is -0.134. The van der Waals surface area contributed by atoms with E-state index in [9.17, 15) is 9.59 Å². The Bertz CT molecular complexity index is 1170. The molecule has 37 heavy (non-hydrogen) atoms. The molecular formula is C29H37N5O3. The maximum atomic E-state index is 13.5. The fourth-order valence-corrected chi connectivity index (χ4v) is 6.04. The number of nitrogens with one attached hydrogen (secondary N) is 3. The third-order valence-electron chi connectivity index (χ3n) is 8.32. The summed E-state index contributed by atoms with van der Waals surface area (Å²) in [6.45, 7) is 8.16. The second-order valence-corrected chi connectivity index (χ2v) is 11.3. The number of rotatable bonds is 7. The Labute approximate surface area is 218 Å². The second kappa shape index (κ2) is 9.47. The summed E-state index contributed by atoms with van der Waals surface area (Å²) in [5, 5.41) is 15.4. The van der Waals surface area contributed by atoms with Crippen LogP contribution in [0.4, 0.5) is 0 Å². The molecule has 0 spiro atoms. The summed E-state index contributed by atoms with van der Waals surface area (Å²) >= 11 is 0. The molecule has 2 aliphatic heterocycles. The van der Waals surface area contributed by atoms with Gasteiger partial charge in [-0.15, -0.1) is 0 Å².